The number of carbonyl (C=O) groups is 11. The first-order valence-corrected chi connectivity index (χ1v) is 27.2. The zero-order valence-corrected chi connectivity index (χ0v) is 44.3. The molecule has 11 amide bonds. The van der Waals surface area contributed by atoms with Crippen LogP contribution in [-0.4, -0.2) is 154 Å². The van der Waals surface area contributed by atoms with Gasteiger partial charge in [-0.2, -0.15) is 0 Å². The topological polar surface area (TPSA) is 438 Å². The number of nitrogens with two attached hydrogens (primary N) is 5. The number of phenolic OH excluding ortho intramolecular Hbond substituents is 1. The van der Waals surface area contributed by atoms with Crippen LogP contribution in [0.15, 0.2) is 59.6 Å². The molecule has 28 heteroatoms. The highest BCUT2D eigenvalue weighted by atomic mass is 33.1. The molecule has 2 aliphatic rings. The van der Waals surface area contributed by atoms with E-state index in [1.807, 2.05) is 0 Å². The molecular formula is C49H70N14O12S2. The van der Waals surface area contributed by atoms with E-state index >= 15 is 0 Å². The van der Waals surface area contributed by atoms with Gasteiger partial charge in [0.25, 0.3) is 0 Å². The number of nitrogens with one attached hydrogen (secondary N) is 7. The highest BCUT2D eigenvalue weighted by Crippen LogP contribution is 2.48. The summed E-state index contributed by atoms with van der Waals surface area (Å²) in [5.41, 5.74) is 28.2. The van der Waals surface area contributed by atoms with Gasteiger partial charge in [-0.3, -0.25) is 57.7 Å². The SMILES string of the molecule is CN(CC(=O)N[C@@H](CCCN=C(N)N)C(=O)NCC(N)=O)C(=O)C1CSSC2(CCCCC2)CC(=O)NC(Cc2ccc(O)cc2)C(=O)N[C@@H](Cc2ccccc2)C(=O)N[C@@H](CCC(N)=O)C(=O)NC(CC(N)=O)C(=O)N1. The molecule has 1 spiro atoms. The molecule has 1 saturated heterocycles. The number of amides is 11. The van der Waals surface area contributed by atoms with E-state index in [0.717, 1.165) is 35.0 Å². The smallest absolute Gasteiger partial charge is 0.246 e. The fourth-order valence-corrected chi connectivity index (χ4v) is 11.9. The number of hydrogen-bond acceptors (Lipinski definition) is 15. The Morgan fingerprint density at radius 2 is 1.32 bits per heavy atom. The maximum absolute atomic E-state index is 14.5. The lowest BCUT2D eigenvalue weighted by atomic mass is 9.85. The van der Waals surface area contributed by atoms with Crippen molar-refractivity contribution in [1.29, 1.82) is 0 Å². The first-order chi connectivity index (χ1) is 36.5. The number of rotatable bonds is 20. The van der Waals surface area contributed by atoms with Gasteiger partial charge in [-0.15, -0.1) is 0 Å². The van der Waals surface area contributed by atoms with Crippen molar-refractivity contribution in [3.05, 3.63) is 65.7 Å². The molecule has 420 valence electrons. The van der Waals surface area contributed by atoms with Crippen LogP contribution in [0.2, 0.25) is 0 Å². The Bertz CT molecular complexity index is 2460. The van der Waals surface area contributed by atoms with Crippen LogP contribution in [0.5, 0.6) is 5.75 Å². The number of benzene rings is 2. The van der Waals surface area contributed by atoms with Crippen LogP contribution in [0.1, 0.15) is 81.8 Å². The van der Waals surface area contributed by atoms with Gasteiger partial charge in [-0.1, -0.05) is 83.3 Å². The highest BCUT2D eigenvalue weighted by molar-refractivity contribution is 8.77. The predicted molar refractivity (Wildman–Crippen MR) is 286 cm³/mol. The lowest BCUT2D eigenvalue weighted by molar-refractivity contribution is -0.139. The Hall–Kier alpha value is -7.62. The van der Waals surface area contributed by atoms with Crippen LogP contribution in [0.4, 0.5) is 0 Å². The number of nitrogens with zero attached hydrogens (tertiary/aromatic N) is 2. The van der Waals surface area contributed by atoms with E-state index in [1.54, 1.807) is 42.5 Å². The molecule has 2 fully saturated rings. The molecule has 0 bridgehead atoms. The average molecular weight is 1110 g/mol. The summed E-state index contributed by atoms with van der Waals surface area (Å²) in [4.78, 5) is 154. The largest absolute Gasteiger partial charge is 0.508 e. The molecule has 1 saturated carbocycles. The zero-order chi connectivity index (χ0) is 56.7. The van der Waals surface area contributed by atoms with Gasteiger partial charge in [0.2, 0.25) is 65.0 Å². The third kappa shape index (κ3) is 21.9. The number of primary amides is 3. The van der Waals surface area contributed by atoms with Crippen molar-refractivity contribution >= 4 is 92.5 Å². The van der Waals surface area contributed by atoms with Gasteiger partial charge < -0.3 is 75.9 Å². The summed E-state index contributed by atoms with van der Waals surface area (Å²) in [6.45, 7) is -1.12. The highest BCUT2D eigenvalue weighted by Gasteiger charge is 2.39. The fourth-order valence-electron chi connectivity index (χ4n) is 8.49. The van der Waals surface area contributed by atoms with Gasteiger partial charge in [0.15, 0.2) is 5.96 Å². The van der Waals surface area contributed by atoms with E-state index in [1.165, 1.54) is 30.0 Å². The van der Waals surface area contributed by atoms with Crippen LogP contribution < -0.4 is 65.9 Å². The van der Waals surface area contributed by atoms with Gasteiger partial charge >= 0.3 is 0 Å². The molecule has 2 aromatic rings. The van der Waals surface area contributed by atoms with Gasteiger partial charge in [-0.25, -0.2) is 0 Å². The van der Waals surface area contributed by atoms with Crippen LogP contribution in [0, 0.1) is 0 Å². The number of carbonyl (C=O) groups excluding carboxylic acids is 11. The number of guanidine groups is 1. The summed E-state index contributed by atoms with van der Waals surface area (Å²) in [5, 5.41) is 28.0. The first-order valence-electron chi connectivity index (χ1n) is 24.9. The second-order valence-electron chi connectivity index (χ2n) is 18.8. The molecule has 4 rings (SSSR count). The van der Waals surface area contributed by atoms with Crippen molar-refractivity contribution in [2.24, 2.45) is 33.7 Å². The van der Waals surface area contributed by atoms with E-state index in [-0.39, 0.29) is 56.1 Å². The summed E-state index contributed by atoms with van der Waals surface area (Å²) < 4.78 is -0.764. The zero-order valence-electron chi connectivity index (χ0n) is 42.7. The molecule has 0 radical (unpaired) electrons. The van der Waals surface area contributed by atoms with E-state index in [4.69, 9.17) is 28.7 Å². The van der Waals surface area contributed by atoms with Crippen molar-refractivity contribution < 1.29 is 57.8 Å². The molecule has 77 heavy (non-hydrogen) atoms. The van der Waals surface area contributed by atoms with Crippen molar-refractivity contribution in [3.63, 3.8) is 0 Å². The summed E-state index contributed by atoms with van der Waals surface area (Å²) >= 11 is 0. The Kier molecular flexibility index (Phi) is 24.8. The van der Waals surface area contributed by atoms with Gasteiger partial charge in [0.05, 0.1) is 19.5 Å². The standard InChI is InChI=1S/C49H70N14O12S2/c1-63(26-41(69)57-31(11-8-20-55-48(53)54)42(70)56-25-39(52)67)47(75)36-27-76-77-49(18-6-3-7-19-49)24-40(68)58-33(22-29-12-14-30(64)15-13-29)44(72)60-34(21-28-9-4-2-5-10-28)45(73)59-32(16-17-37(50)65)43(71)61-35(23-38(51)66)46(74)62-36/h2,4-5,9-10,12-15,31-36,64H,3,6-8,11,16-27H2,1H3,(H2,50,65)(H2,51,66)(H2,52,67)(H,56,70)(H,57,69)(H,58,68)(H,59,73)(H,60,72)(H,61,71)(H,62,74)(H4,53,54,55)/t31-,32-,33?,34-,35?,36?/m0/s1. The number of phenols is 1. The van der Waals surface area contributed by atoms with Gasteiger partial charge in [0.1, 0.15) is 42.0 Å². The maximum Gasteiger partial charge on any atom is 0.246 e. The minimum Gasteiger partial charge on any atom is -0.508 e. The van der Waals surface area contributed by atoms with Crippen molar-refractivity contribution in [2.45, 2.75) is 124 Å². The Balaban J connectivity index is 1.75. The van der Waals surface area contributed by atoms with E-state index in [9.17, 15) is 57.8 Å². The predicted octanol–water partition coefficient (Wildman–Crippen LogP) is -3.17. The summed E-state index contributed by atoms with van der Waals surface area (Å²) in [6, 6.07) is 5.73. The van der Waals surface area contributed by atoms with Crippen LogP contribution in [0.3, 0.4) is 0 Å². The second kappa shape index (κ2) is 30.8. The Labute approximate surface area is 452 Å². The third-order valence-electron chi connectivity index (χ3n) is 12.4. The lowest BCUT2D eigenvalue weighted by Gasteiger charge is -2.36. The number of likely N-dealkylation sites (N-methyl/N-ethyl adjacent to an activating group) is 1. The molecule has 0 aromatic heterocycles. The average Bonchev–Trinajstić information content (AvgIpc) is 3.36. The van der Waals surface area contributed by atoms with Crippen molar-refractivity contribution in [1.82, 2.24) is 42.1 Å². The van der Waals surface area contributed by atoms with Gasteiger partial charge in [0, 0.05) is 49.8 Å². The van der Waals surface area contributed by atoms with Gasteiger partial charge in [-0.05, 0) is 55.4 Å². The van der Waals surface area contributed by atoms with Crippen molar-refractivity contribution in [3.8, 4) is 5.75 Å². The molecule has 6 atom stereocenters. The minimum absolute atomic E-state index is 0.00231. The van der Waals surface area contributed by atoms with Crippen LogP contribution in [0.25, 0.3) is 0 Å². The van der Waals surface area contributed by atoms with Crippen LogP contribution >= 0.6 is 21.6 Å². The summed E-state index contributed by atoms with van der Waals surface area (Å²) in [5.74, 6) is -10.0. The number of aliphatic imine (C=N–C) groups is 1. The molecule has 1 aliphatic carbocycles. The lowest BCUT2D eigenvalue weighted by Crippen LogP contribution is -2.60. The number of aromatic hydroxyl groups is 1. The fraction of sp³-hybridized carbons (Fsp3) is 0.510. The Morgan fingerprint density at radius 3 is 1.94 bits per heavy atom. The molecule has 2 aromatic carbocycles. The number of hydrogen-bond donors (Lipinski definition) is 13. The minimum atomic E-state index is -1.78. The normalized spacial score (nSPS) is 21.0. The van der Waals surface area contributed by atoms with Crippen LogP contribution in [-0.2, 0) is 65.6 Å². The van der Waals surface area contributed by atoms with E-state index in [2.05, 4.69) is 42.2 Å². The van der Waals surface area contributed by atoms with E-state index in [0.29, 0.717) is 24.0 Å². The quantitative estimate of drug-likeness (QED) is 0.0269. The molecule has 3 unspecified atom stereocenters. The summed E-state index contributed by atoms with van der Waals surface area (Å²) in [6.07, 6.45) is 1.64. The molecule has 26 nitrogen and oxygen atoms in total. The summed E-state index contributed by atoms with van der Waals surface area (Å²) in [7, 11) is 3.68. The molecule has 1 heterocycles. The maximum atomic E-state index is 14.5. The third-order valence-corrected chi connectivity index (χ3v) is 15.7. The molecular weight excluding hydrogens is 1040 g/mol. The molecule has 1 aliphatic heterocycles. The second-order valence-corrected chi connectivity index (χ2v) is 21.6. The molecule has 18 N–H and O–H groups in total. The Morgan fingerprint density at radius 1 is 0.740 bits per heavy atom. The van der Waals surface area contributed by atoms with Crippen molar-refractivity contribution in [2.75, 3.05) is 32.4 Å². The first kappa shape index (κ1) is 61.9. The van der Waals surface area contributed by atoms with E-state index < -0.39 is 138 Å². The monoisotopic (exact) mass is 1110 g/mol.